The van der Waals surface area contributed by atoms with Gasteiger partial charge in [-0.05, 0) is 30.9 Å². The molecule has 1 aromatic carbocycles. The number of hydrogen-bond donors (Lipinski definition) is 3. The molecule has 0 amide bonds. The molecule has 0 aliphatic carbocycles. The summed E-state index contributed by atoms with van der Waals surface area (Å²) in [6.07, 6.45) is 4.30. The fraction of sp³-hybridized carbons (Fsp3) is 0.579. The molecule has 5 nitrogen and oxygen atoms in total. The van der Waals surface area contributed by atoms with Crippen LogP contribution in [0.3, 0.4) is 0 Å². The molecule has 2 atom stereocenters. The molecule has 3 N–H and O–H groups in total. The molecular formula is C19H27N3O2. The first-order valence-electron chi connectivity index (χ1n) is 9.08. The Morgan fingerprint density at radius 1 is 1.04 bits per heavy atom. The monoisotopic (exact) mass is 329 g/mol. The van der Waals surface area contributed by atoms with E-state index < -0.39 is 0 Å². The molecule has 0 spiro atoms. The van der Waals surface area contributed by atoms with Crippen LogP contribution in [0.4, 0.5) is 0 Å². The first-order valence-corrected chi connectivity index (χ1v) is 9.08. The van der Waals surface area contributed by atoms with Crippen molar-refractivity contribution in [2.24, 2.45) is 0 Å². The number of nitrogens with one attached hydrogen (secondary N) is 1. The molecule has 130 valence electrons. The summed E-state index contributed by atoms with van der Waals surface area (Å²) < 4.78 is 0. The van der Waals surface area contributed by atoms with Gasteiger partial charge in [0.1, 0.15) is 0 Å². The van der Waals surface area contributed by atoms with E-state index in [9.17, 15) is 10.2 Å². The third kappa shape index (κ3) is 3.22. The summed E-state index contributed by atoms with van der Waals surface area (Å²) in [5.41, 5.74) is 2.48. The van der Waals surface area contributed by atoms with Crippen molar-refractivity contribution >= 4 is 10.9 Å². The van der Waals surface area contributed by atoms with E-state index in [-0.39, 0.29) is 18.2 Å². The van der Waals surface area contributed by atoms with Crippen LogP contribution in [-0.2, 0) is 6.54 Å². The Morgan fingerprint density at radius 2 is 1.83 bits per heavy atom. The zero-order valence-corrected chi connectivity index (χ0v) is 14.1. The van der Waals surface area contributed by atoms with Gasteiger partial charge in [0, 0.05) is 55.9 Å². The van der Waals surface area contributed by atoms with Gasteiger partial charge in [-0.15, -0.1) is 0 Å². The minimum absolute atomic E-state index is 0.152. The van der Waals surface area contributed by atoms with Gasteiger partial charge in [-0.25, -0.2) is 0 Å². The smallest absolute Gasteiger partial charge is 0.0822 e. The molecule has 5 heteroatoms. The number of fused-ring (bicyclic) bond motifs is 1. The normalized spacial score (nSPS) is 27.8. The number of likely N-dealkylation sites (tertiary alicyclic amines) is 2. The molecule has 4 rings (SSSR count). The van der Waals surface area contributed by atoms with E-state index in [1.807, 2.05) is 6.07 Å². The van der Waals surface area contributed by atoms with Crippen LogP contribution in [0, 0.1) is 0 Å². The molecule has 0 saturated carbocycles. The fourth-order valence-corrected chi connectivity index (χ4v) is 4.28. The van der Waals surface area contributed by atoms with Crippen LogP contribution in [-0.4, -0.2) is 69.4 Å². The highest BCUT2D eigenvalue weighted by Gasteiger charge is 2.33. The molecule has 0 radical (unpaired) electrons. The Kier molecular flexibility index (Phi) is 4.59. The molecule has 0 bridgehead atoms. The predicted octanol–water partition coefficient (Wildman–Crippen LogP) is 1.56. The summed E-state index contributed by atoms with van der Waals surface area (Å²) in [4.78, 5) is 8.06. The number of aliphatic hydroxyl groups is 2. The first-order chi connectivity index (χ1) is 11.7. The number of aromatic amines is 1. The quantitative estimate of drug-likeness (QED) is 0.800. The minimum Gasteiger partial charge on any atom is -0.393 e. The number of aromatic nitrogens is 1. The van der Waals surface area contributed by atoms with Gasteiger partial charge in [0.2, 0.25) is 0 Å². The molecule has 0 unspecified atom stereocenters. The van der Waals surface area contributed by atoms with Gasteiger partial charge in [-0.1, -0.05) is 18.2 Å². The Bertz CT molecular complexity index is 678. The lowest BCUT2D eigenvalue weighted by Gasteiger charge is -2.43. The summed E-state index contributed by atoms with van der Waals surface area (Å²) in [5.74, 6) is 0. The van der Waals surface area contributed by atoms with Crippen LogP contribution in [0.2, 0.25) is 0 Å². The lowest BCUT2D eigenvalue weighted by Crippen LogP contribution is -2.55. The molecule has 1 aromatic heterocycles. The van der Waals surface area contributed by atoms with Crippen LogP contribution < -0.4 is 0 Å². The molecule has 2 aliphatic heterocycles. The second-order valence-electron chi connectivity index (χ2n) is 7.29. The number of aliphatic hydroxyl groups excluding tert-OH is 2. The molecule has 2 fully saturated rings. The second-order valence-corrected chi connectivity index (χ2v) is 7.29. The standard InChI is InChI=1S/C19H27N3O2/c23-15-5-9-22(10-6-15)18-7-8-21(13-19(18)24)12-14-11-20-17-4-2-1-3-16(14)17/h1-4,11,15,18-20,23-24H,5-10,12-13H2/t18-,19-/m1/s1. The average molecular weight is 329 g/mol. The van der Waals surface area contributed by atoms with Gasteiger partial charge in [0.25, 0.3) is 0 Å². The van der Waals surface area contributed by atoms with E-state index in [0.717, 1.165) is 52.0 Å². The summed E-state index contributed by atoms with van der Waals surface area (Å²) in [5, 5.41) is 21.6. The van der Waals surface area contributed by atoms with Crippen LogP contribution in [0.5, 0.6) is 0 Å². The lowest BCUT2D eigenvalue weighted by molar-refractivity contribution is -0.0354. The van der Waals surface area contributed by atoms with Crippen molar-refractivity contribution in [3.8, 4) is 0 Å². The van der Waals surface area contributed by atoms with Crippen LogP contribution in [0.15, 0.2) is 30.5 Å². The number of para-hydroxylation sites is 1. The Balaban J connectivity index is 1.38. The van der Waals surface area contributed by atoms with Crippen LogP contribution >= 0.6 is 0 Å². The lowest BCUT2D eigenvalue weighted by atomic mass is 9.96. The fourth-order valence-electron chi connectivity index (χ4n) is 4.28. The van der Waals surface area contributed by atoms with E-state index in [0.29, 0.717) is 0 Å². The number of rotatable bonds is 3. The maximum absolute atomic E-state index is 10.6. The number of hydrogen-bond acceptors (Lipinski definition) is 4. The molecular weight excluding hydrogens is 302 g/mol. The van der Waals surface area contributed by atoms with E-state index in [1.165, 1.54) is 16.5 Å². The molecule has 2 saturated heterocycles. The second kappa shape index (κ2) is 6.84. The molecule has 2 aliphatic rings. The number of benzene rings is 1. The average Bonchev–Trinajstić information content (AvgIpc) is 2.99. The van der Waals surface area contributed by atoms with Crippen molar-refractivity contribution in [2.45, 2.75) is 44.1 Å². The van der Waals surface area contributed by atoms with Crippen molar-refractivity contribution in [3.63, 3.8) is 0 Å². The zero-order valence-electron chi connectivity index (χ0n) is 14.1. The Morgan fingerprint density at radius 3 is 2.62 bits per heavy atom. The minimum atomic E-state index is -0.306. The summed E-state index contributed by atoms with van der Waals surface area (Å²) in [6.45, 7) is 4.44. The molecule has 24 heavy (non-hydrogen) atoms. The van der Waals surface area contributed by atoms with Crippen molar-refractivity contribution in [2.75, 3.05) is 26.2 Å². The van der Waals surface area contributed by atoms with Gasteiger partial charge >= 0.3 is 0 Å². The van der Waals surface area contributed by atoms with E-state index in [1.54, 1.807) is 0 Å². The Labute approximate surface area is 142 Å². The van der Waals surface area contributed by atoms with Crippen molar-refractivity contribution < 1.29 is 10.2 Å². The predicted molar refractivity (Wildman–Crippen MR) is 94.8 cm³/mol. The van der Waals surface area contributed by atoms with Gasteiger partial charge in [-0.2, -0.15) is 0 Å². The maximum Gasteiger partial charge on any atom is 0.0822 e. The number of β-amino-alcohol motifs (C(OH)–C–C–N with tert-alkyl or cyclic N) is 1. The molecule has 2 aromatic rings. The van der Waals surface area contributed by atoms with Crippen molar-refractivity contribution in [3.05, 3.63) is 36.0 Å². The SMILES string of the molecule is OC1CCN([C@@H]2CCN(Cc3c[nH]c4ccccc34)C[C@H]2O)CC1. The number of nitrogens with zero attached hydrogens (tertiary/aromatic N) is 2. The first kappa shape index (κ1) is 16.1. The zero-order chi connectivity index (χ0) is 16.5. The van der Waals surface area contributed by atoms with Crippen LogP contribution in [0.1, 0.15) is 24.8 Å². The van der Waals surface area contributed by atoms with Crippen molar-refractivity contribution in [1.29, 1.82) is 0 Å². The van der Waals surface area contributed by atoms with E-state index in [4.69, 9.17) is 0 Å². The maximum atomic E-state index is 10.6. The van der Waals surface area contributed by atoms with Crippen LogP contribution in [0.25, 0.3) is 10.9 Å². The highest BCUT2D eigenvalue weighted by Crippen LogP contribution is 2.24. The highest BCUT2D eigenvalue weighted by atomic mass is 16.3. The van der Waals surface area contributed by atoms with Gasteiger partial charge in [0.15, 0.2) is 0 Å². The Hall–Kier alpha value is -1.40. The largest absolute Gasteiger partial charge is 0.393 e. The van der Waals surface area contributed by atoms with Gasteiger partial charge < -0.3 is 15.2 Å². The van der Waals surface area contributed by atoms with Crippen molar-refractivity contribution in [1.82, 2.24) is 14.8 Å². The third-order valence-electron chi connectivity index (χ3n) is 5.67. The summed E-state index contributed by atoms with van der Waals surface area (Å²) in [6, 6.07) is 8.63. The van der Waals surface area contributed by atoms with E-state index in [2.05, 4.69) is 39.2 Å². The van der Waals surface area contributed by atoms with Gasteiger partial charge in [-0.3, -0.25) is 9.80 Å². The summed E-state index contributed by atoms with van der Waals surface area (Å²) >= 11 is 0. The highest BCUT2D eigenvalue weighted by molar-refractivity contribution is 5.82. The van der Waals surface area contributed by atoms with Gasteiger partial charge in [0.05, 0.1) is 12.2 Å². The third-order valence-corrected chi connectivity index (χ3v) is 5.67. The molecule has 3 heterocycles. The summed E-state index contributed by atoms with van der Waals surface area (Å²) in [7, 11) is 0. The topological polar surface area (TPSA) is 62.7 Å². The number of H-pyrrole nitrogens is 1. The van der Waals surface area contributed by atoms with E-state index >= 15 is 0 Å². The number of piperidine rings is 2.